The Kier molecular flexibility index (Phi) is 4.28. The van der Waals surface area contributed by atoms with Crippen molar-refractivity contribution in [2.75, 3.05) is 18.1 Å². The fraction of sp³-hybridized carbons (Fsp3) is 0.333. The molecule has 1 unspecified atom stereocenters. The summed E-state index contributed by atoms with van der Waals surface area (Å²) in [4.78, 5) is 28.6. The second-order valence-electron chi connectivity index (χ2n) is 5.33. The summed E-state index contributed by atoms with van der Waals surface area (Å²) in [7, 11) is 0. The maximum Gasteiger partial charge on any atom is 0.335 e. The number of carboxylic acids is 1. The molecule has 1 saturated heterocycles. The van der Waals surface area contributed by atoms with E-state index < -0.39 is 24.1 Å². The maximum atomic E-state index is 12.4. The van der Waals surface area contributed by atoms with Crippen molar-refractivity contribution >= 4 is 17.7 Å². The number of amides is 1. The fourth-order valence-corrected chi connectivity index (χ4v) is 2.53. The highest BCUT2D eigenvalue weighted by atomic mass is 16.5. The third-order valence-corrected chi connectivity index (χ3v) is 3.72. The third kappa shape index (κ3) is 2.86. The lowest BCUT2D eigenvalue weighted by molar-refractivity contribution is -0.163. The second kappa shape index (κ2) is 6.38. The van der Waals surface area contributed by atoms with Crippen LogP contribution in [0.1, 0.15) is 5.69 Å². The van der Waals surface area contributed by atoms with Gasteiger partial charge >= 0.3 is 5.97 Å². The van der Waals surface area contributed by atoms with Crippen molar-refractivity contribution in [1.29, 1.82) is 0 Å². The SMILES string of the molecule is Cc1cc(N2CCO[C@H](C(O)C(=O)O)C2=O)nn1-c1ccncc1. The molecule has 0 aliphatic carbocycles. The summed E-state index contributed by atoms with van der Waals surface area (Å²) in [5.74, 6) is -1.76. The van der Waals surface area contributed by atoms with Gasteiger partial charge in [-0.1, -0.05) is 0 Å². The highest BCUT2D eigenvalue weighted by Gasteiger charge is 2.40. The Bertz CT molecular complexity index is 760. The zero-order valence-electron chi connectivity index (χ0n) is 12.9. The van der Waals surface area contributed by atoms with E-state index in [0.29, 0.717) is 5.82 Å². The number of rotatable bonds is 4. The fourth-order valence-electron chi connectivity index (χ4n) is 2.53. The third-order valence-electron chi connectivity index (χ3n) is 3.72. The molecular weight excluding hydrogens is 316 g/mol. The molecule has 2 aromatic heterocycles. The minimum absolute atomic E-state index is 0.113. The van der Waals surface area contributed by atoms with E-state index in [1.807, 2.05) is 6.92 Å². The second-order valence-corrected chi connectivity index (χ2v) is 5.33. The summed E-state index contributed by atoms with van der Waals surface area (Å²) in [5, 5.41) is 22.9. The molecule has 0 bridgehead atoms. The molecule has 2 aromatic rings. The number of aliphatic hydroxyl groups is 1. The molecule has 3 heterocycles. The van der Waals surface area contributed by atoms with Gasteiger partial charge in [0, 0.05) is 24.2 Å². The Labute approximate surface area is 137 Å². The number of ether oxygens (including phenoxy) is 1. The molecule has 3 rings (SSSR count). The van der Waals surface area contributed by atoms with Crippen LogP contribution in [0.25, 0.3) is 5.69 Å². The van der Waals surface area contributed by atoms with Crippen LogP contribution in [0.4, 0.5) is 5.82 Å². The summed E-state index contributed by atoms with van der Waals surface area (Å²) < 4.78 is 6.78. The lowest BCUT2D eigenvalue weighted by Gasteiger charge is -2.31. The predicted molar refractivity (Wildman–Crippen MR) is 81.8 cm³/mol. The van der Waals surface area contributed by atoms with E-state index >= 15 is 0 Å². The van der Waals surface area contributed by atoms with Crippen molar-refractivity contribution in [3.05, 3.63) is 36.3 Å². The molecule has 0 saturated carbocycles. The van der Waals surface area contributed by atoms with Gasteiger partial charge in [0.05, 0.1) is 18.8 Å². The molecule has 126 valence electrons. The van der Waals surface area contributed by atoms with E-state index in [2.05, 4.69) is 10.1 Å². The maximum absolute atomic E-state index is 12.4. The van der Waals surface area contributed by atoms with Gasteiger partial charge in [-0.3, -0.25) is 14.7 Å². The van der Waals surface area contributed by atoms with E-state index in [0.717, 1.165) is 11.4 Å². The van der Waals surface area contributed by atoms with Crippen molar-refractivity contribution in [2.24, 2.45) is 0 Å². The highest BCUT2D eigenvalue weighted by Crippen LogP contribution is 2.22. The van der Waals surface area contributed by atoms with Crippen LogP contribution in [0, 0.1) is 6.92 Å². The summed E-state index contributed by atoms with van der Waals surface area (Å²) in [5.41, 5.74) is 1.59. The van der Waals surface area contributed by atoms with Crippen molar-refractivity contribution in [3.8, 4) is 5.69 Å². The quantitative estimate of drug-likeness (QED) is 0.793. The molecule has 0 aromatic carbocycles. The standard InChI is InChI=1S/C15H16N4O5/c1-9-8-11(17-19(9)10-2-4-16-5-3-10)18-6-7-24-13(14(18)21)12(20)15(22)23/h2-5,8,12-13,20H,6-7H2,1H3,(H,22,23)/t12?,13-/m1/s1. The highest BCUT2D eigenvalue weighted by molar-refractivity contribution is 5.99. The molecule has 2 atom stereocenters. The van der Waals surface area contributed by atoms with Crippen molar-refractivity contribution < 1.29 is 24.5 Å². The monoisotopic (exact) mass is 332 g/mol. The minimum atomic E-state index is -1.91. The molecule has 1 fully saturated rings. The Morgan fingerprint density at radius 3 is 2.79 bits per heavy atom. The topological polar surface area (TPSA) is 118 Å². The number of pyridine rings is 1. The van der Waals surface area contributed by atoms with Gasteiger partial charge < -0.3 is 14.9 Å². The van der Waals surface area contributed by atoms with Gasteiger partial charge in [-0.25, -0.2) is 9.48 Å². The van der Waals surface area contributed by atoms with Gasteiger partial charge in [0.25, 0.3) is 5.91 Å². The molecule has 1 amide bonds. The Balaban J connectivity index is 1.89. The van der Waals surface area contributed by atoms with Crippen LogP contribution >= 0.6 is 0 Å². The van der Waals surface area contributed by atoms with Gasteiger partial charge in [-0.2, -0.15) is 0 Å². The van der Waals surface area contributed by atoms with E-state index in [4.69, 9.17) is 9.84 Å². The largest absolute Gasteiger partial charge is 0.479 e. The van der Waals surface area contributed by atoms with E-state index in [9.17, 15) is 14.7 Å². The lowest BCUT2D eigenvalue weighted by Crippen LogP contribution is -2.54. The Morgan fingerprint density at radius 1 is 1.42 bits per heavy atom. The molecule has 9 nitrogen and oxygen atoms in total. The molecule has 24 heavy (non-hydrogen) atoms. The summed E-state index contributed by atoms with van der Waals surface area (Å²) in [6.45, 7) is 2.18. The Morgan fingerprint density at radius 2 is 2.12 bits per heavy atom. The minimum Gasteiger partial charge on any atom is -0.479 e. The number of morpholine rings is 1. The van der Waals surface area contributed by atoms with Gasteiger partial charge in [0.2, 0.25) is 0 Å². The number of hydrogen-bond acceptors (Lipinski definition) is 6. The Hall–Kier alpha value is -2.78. The van der Waals surface area contributed by atoms with E-state index in [1.165, 1.54) is 4.90 Å². The molecule has 1 aliphatic rings. The molecule has 1 aliphatic heterocycles. The number of aliphatic hydroxyl groups excluding tert-OH is 1. The first-order valence-electron chi connectivity index (χ1n) is 7.30. The number of carbonyl (C=O) groups is 2. The zero-order chi connectivity index (χ0) is 17.3. The predicted octanol–water partition coefficient (Wildman–Crippen LogP) is -0.247. The van der Waals surface area contributed by atoms with Crippen LogP contribution in [0.3, 0.4) is 0 Å². The van der Waals surface area contributed by atoms with Gasteiger partial charge in [-0.15, -0.1) is 5.10 Å². The molecule has 2 N–H and O–H groups in total. The molecule has 0 spiro atoms. The van der Waals surface area contributed by atoms with Crippen LogP contribution in [0.2, 0.25) is 0 Å². The van der Waals surface area contributed by atoms with Gasteiger partial charge in [0.15, 0.2) is 18.0 Å². The van der Waals surface area contributed by atoms with Gasteiger partial charge in [0.1, 0.15) is 0 Å². The summed E-state index contributed by atoms with van der Waals surface area (Å²) >= 11 is 0. The van der Waals surface area contributed by atoms with Crippen molar-refractivity contribution in [1.82, 2.24) is 14.8 Å². The first-order chi connectivity index (χ1) is 11.5. The lowest BCUT2D eigenvalue weighted by atomic mass is 10.1. The molecular formula is C15H16N4O5. The van der Waals surface area contributed by atoms with Crippen molar-refractivity contribution in [3.63, 3.8) is 0 Å². The van der Waals surface area contributed by atoms with E-state index in [-0.39, 0.29) is 13.2 Å². The molecule has 9 heteroatoms. The van der Waals surface area contributed by atoms with Crippen LogP contribution < -0.4 is 4.90 Å². The van der Waals surface area contributed by atoms with Crippen LogP contribution in [0.15, 0.2) is 30.6 Å². The first kappa shape index (κ1) is 16.1. The number of carbonyl (C=O) groups excluding carboxylic acids is 1. The molecule has 0 radical (unpaired) electrons. The summed E-state index contributed by atoms with van der Waals surface area (Å²) in [6.07, 6.45) is -0.0869. The van der Waals surface area contributed by atoms with Crippen LogP contribution in [0.5, 0.6) is 0 Å². The van der Waals surface area contributed by atoms with Crippen LogP contribution in [-0.2, 0) is 14.3 Å². The van der Waals surface area contributed by atoms with E-state index in [1.54, 1.807) is 35.3 Å². The number of aliphatic carboxylic acids is 1. The first-order valence-corrected chi connectivity index (χ1v) is 7.30. The number of aromatic nitrogens is 3. The van der Waals surface area contributed by atoms with Crippen molar-refractivity contribution in [2.45, 2.75) is 19.1 Å². The average Bonchev–Trinajstić information content (AvgIpc) is 2.96. The van der Waals surface area contributed by atoms with Gasteiger partial charge in [-0.05, 0) is 19.1 Å². The summed E-state index contributed by atoms with van der Waals surface area (Å²) in [6, 6.07) is 5.28. The smallest absolute Gasteiger partial charge is 0.335 e. The van der Waals surface area contributed by atoms with Crippen LogP contribution in [-0.4, -0.2) is 62.2 Å². The number of nitrogens with zero attached hydrogens (tertiary/aromatic N) is 4. The average molecular weight is 332 g/mol. The number of hydrogen-bond donors (Lipinski definition) is 2. The number of aryl methyl sites for hydroxylation is 1. The number of carboxylic acid groups (broad SMARTS) is 1. The zero-order valence-corrected chi connectivity index (χ0v) is 12.9. The number of anilines is 1. The normalized spacial score (nSPS) is 19.3.